The van der Waals surface area contributed by atoms with Gasteiger partial charge in [0.2, 0.25) is 5.91 Å². The lowest BCUT2D eigenvalue weighted by Crippen LogP contribution is -2.45. The zero-order valence-electron chi connectivity index (χ0n) is 12.8. The van der Waals surface area contributed by atoms with E-state index in [0.717, 1.165) is 11.4 Å². The molecule has 0 spiro atoms. The molecule has 3 N–H and O–H groups in total. The Morgan fingerprint density at radius 1 is 1.20 bits per heavy atom. The first-order chi connectivity index (χ1) is 8.70. The number of hydrogen-bond acceptors (Lipinski definition) is 3. The van der Waals surface area contributed by atoms with Crippen LogP contribution in [-0.2, 0) is 4.79 Å². The Morgan fingerprint density at radius 3 is 2.10 bits per heavy atom. The van der Waals surface area contributed by atoms with Crippen molar-refractivity contribution in [1.82, 2.24) is 0 Å². The summed E-state index contributed by atoms with van der Waals surface area (Å²) in [4.78, 5) is 12.0. The Labute approximate surface area is 127 Å². The summed E-state index contributed by atoms with van der Waals surface area (Å²) in [6, 6.07) is 6.74. The van der Waals surface area contributed by atoms with Crippen molar-refractivity contribution in [2.24, 2.45) is 11.1 Å². The van der Waals surface area contributed by atoms with Crippen LogP contribution in [0.1, 0.15) is 34.6 Å². The fourth-order valence-corrected chi connectivity index (χ4v) is 1.50. The fraction of sp³-hybridized carbons (Fsp3) is 0.533. The molecular weight excluding hydrogens is 276 g/mol. The minimum Gasteiger partial charge on any atom is -0.491 e. The summed E-state index contributed by atoms with van der Waals surface area (Å²) in [5.41, 5.74) is 6.36. The van der Waals surface area contributed by atoms with Gasteiger partial charge in [-0.2, -0.15) is 0 Å². The number of amides is 1. The summed E-state index contributed by atoms with van der Waals surface area (Å²) in [6.07, 6.45) is 0.134. The van der Waals surface area contributed by atoms with Crippen LogP contribution in [0, 0.1) is 5.41 Å². The molecule has 0 aliphatic carbocycles. The number of rotatable bonds is 4. The van der Waals surface area contributed by atoms with Gasteiger partial charge >= 0.3 is 0 Å². The summed E-state index contributed by atoms with van der Waals surface area (Å²) in [6.45, 7) is 9.76. The van der Waals surface area contributed by atoms with E-state index in [9.17, 15) is 4.79 Å². The molecule has 0 aliphatic rings. The third-order valence-corrected chi connectivity index (χ3v) is 2.71. The van der Waals surface area contributed by atoms with Crippen LogP contribution in [0.3, 0.4) is 0 Å². The maximum absolute atomic E-state index is 12.0. The van der Waals surface area contributed by atoms with E-state index in [1.807, 2.05) is 58.9 Å². The maximum atomic E-state index is 12.0. The number of nitrogens with one attached hydrogen (secondary N) is 1. The van der Waals surface area contributed by atoms with Gasteiger partial charge in [-0.1, -0.05) is 20.8 Å². The average molecular weight is 301 g/mol. The molecule has 0 bridgehead atoms. The largest absolute Gasteiger partial charge is 0.491 e. The molecule has 0 aromatic heterocycles. The summed E-state index contributed by atoms with van der Waals surface area (Å²) >= 11 is 0. The SMILES string of the molecule is CC(C)Oc1ccc(NC(=O)[C@@H](N)C(C)(C)C)cc1.Cl. The molecule has 0 fully saturated rings. The molecule has 4 nitrogen and oxygen atoms in total. The molecule has 0 radical (unpaired) electrons. The molecule has 0 saturated carbocycles. The molecule has 1 aromatic carbocycles. The summed E-state index contributed by atoms with van der Waals surface area (Å²) in [5, 5.41) is 2.81. The predicted molar refractivity (Wildman–Crippen MR) is 85.5 cm³/mol. The lowest BCUT2D eigenvalue weighted by atomic mass is 9.87. The second kappa shape index (κ2) is 7.50. The number of benzene rings is 1. The van der Waals surface area contributed by atoms with Gasteiger partial charge in [-0.15, -0.1) is 12.4 Å². The normalized spacial score (nSPS) is 12.6. The third-order valence-electron chi connectivity index (χ3n) is 2.71. The number of anilines is 1. The van der Waals surface area contributed by atoms with Crippen molar-refractivity contribution in [3.8, 4) is 5.75 Å². The van der Waals surface area contributed by atoms with Gasteiger partial charge in [-0.25, -0.2) is 0 Å². The predicted octanol–water partition coefficient (Wildman–Crippen LogP) is 3.21. The Bertz CT molecular complexity index is 424. The van der Waals surface area contributed by atoms with Gasteiger partial charge in [-0.3, -0.25) is 4.79 Å². The smallest absolute Gasteiger partial charge is 0.241 e. The lowest BCUT2D eigenvalue weighted by molar-refractivity contribution is -0.119. The van der Waals surface area contributed by atoms with Crippen LogP contribution in [0.5, 0.6) is 5.75 Å². The second-order valence-corrected chi connectivity index (χ2v) is 6.02. The van der Waals surface area contributed by atoms with Gasteiger partial charge in [0.15, 0.2) is 0 Å². The van der Waals surface area contributed by atoms with E-state index in [1.54, 1.807) is 0 Å². The standard InChI is InChI=1S/C15H24N2O2.ClH/c1-10(2)19-12-8-6-11(7-9-12)17-14(18)13(16)15(3,4)5;/h6-10,13H,16H2,1-5H3,(H,17,18);1H/t13-;/m1./s1. The van der Waals surface area contributed by atoms with Crippen LogP contribution in [0.25, 0.3) is 0 Å². The van der Waals surface area contributed by atoms with E-state index in [2.05, 4.69) is 5.32 Å². The number of carbonyl (C=O) groups is 1. The first kappa shape index (κ1) is 18.7. The molecule has 0 aliphatic heterocycles. The Balaban J connectivity index is 0.00000361. The lowest BCUT2D eigenvalue weighted by Gasteiger charge is -2.25. The van der Waals surface area contributed by atoms with E-state index in [0.29, 0.717) is 0 Å². The van der Waals surface area contributed by atoms with Crippen LogP contribution < -0.4 is 15.8 Å². The number of nitrogens with two attached hydrogens (primary N) is 1. The highest BCUT2D eigenvalue weighted by atomic mass is 35.5. The molecule has 5 heteroatoms. The summed E-state index contributed by atoms with van der Waals surface area (Å²) < 4.78 is 5.54. The van der Waals surface area contributed by atoms with Crippen LogP contribution in [0.4, 0.5) is 5.69 Å². The molecular formula is C15H25ClN2O2. The molecule has 20 heavy (non-hydrogen) atoms. The molecule has 1 aromatic rings. The molecule has 0 saturated heterocycles. The summed E-state index contributed by atoms with van der Waals surface area (Å²) in [5.74, 6) is 0.609. The van der Waals surface area contributed by atoms with Crippen molar-refractivity contribution in [2.45, 2.75) is 46.8 Å². The van der Waals surface area contributed by atoms with Crippen molar-refractivity contribution in [2.75, 3.05) is 5.32 Å². The Morgan fingerprint density at radius 2 is 1.70 bits per heavy atom. The van der Waals surface area contributed by atoms with E-state index in [-0.39, 0.29) is 29.8 Å². The van der Waals surface area contributed by atoms with Crippen LogP contribution in [0.2, 0.25) is 0 Å². The van der Waals surface area contributed by atoms with Crippen molar-refractivity contribution >= 4 is 24.0 Å². The van der Waals surface area contributed by atoms with Gasteiger partial charge in [0.05, 0.1) is 12.1 Å². The number of hydrogen-bond donors (Lipinski definition) is 2. The summed E-state index contributed by atoms with van der Waals surface area (Å²) in [7, 11) is 0. The maximum Gasteiger partial charge on any atom is 0.241 e. The minimum atomic E-state index is -0.543. The topological polar surface area (TPSA) is 64.3 Å². The quantitative estimate of drug-likeness (QED) is 0.897. The van der Waals surface area contributed by atoms with Gasteiger partial charge in [0.1, 0.15) is 5.75 Å². The molecule has 0 unspecified atom stereocenters. The second-order valence-electron chi connectivity index (χ2n) is 6.02. The minimum absolute atomic E-state index is 0. The highest BCUT2D eigenvalue weighted by molar-refractivity contribution is 5.95. The Hall–Kier alpha value is -1.26. The van der Waals surface area contributed by atoms with Crippen LogP contribution in [-0.4, -0.2) is 18.1 Å². The van der Waals surface area contributed by atoms with Gasteiger partial charge in [-0.05, 0) is 43.5 Å². The first-order valence-electron chi connectivity index (χ1n) is 6.53. The van der Waals surface area contributed by atoms with Gasteiger partial charge in [0, 0.05) is 5.69 Å². The monoisotopic (exact) mass is 300 g/mol. The third kappa shape index (κ3) is 5.80. The molecule has 0 heterocycles. The highest BCUT2D eigenvalue weighted by Crippen LogP contribution is 2.20. The van der Waals surface area contributed by atoms with E-state index < -0.39 is 6.04 Å². The van der Waals surface area contributed by atoms with E-state index in [1.165, 1.54) is 0 Å². The molecule has 1 amide bonds. The van der Waals surface area contributed by atoms with Crippen LogP contribution >= 0.6 is 12.4 Å². The van der Waals surface area contributed by atoms with Crippen molar-refractivity contribution in [3.63, 3.8) is 0 Å². The first-order valence-corrected chi connectivity index (χ1v) is 6.53. The van der Waals surface area contributed by atoms with Crippen molar-refractivity contribution in [1.29, 1.82) is 0 Å². The zero-order chi connectivity index (χ0) is 14.6. The van der Waals surface area contributed by atoms with E-state index in [4.69, 9.17) is 10.5 Å². The van der Waals surface area contributed by atoms with Gasteiger partial charge in [0.25, 0.3) is 0 Å². The average Bonchev–Trinajstić information content (AvgIpc) is 2.28. The van der Waals surface area contributed by atoms with Crippen molar-refractivity contribution in [3.05, 3.63) is 24.3 Å². The van der Waals surface area contributed by atoms with Gasteiger partial charge < -0.3 is 15.8 Å². The number of ether oxygens (including phenoxy) is 1. The number of halogens is 1. The Kier molecular flexibility index (Phi) is 7.03. The fourth-order valence-electron chi connectivity index (χ4n) is 1.50. The number of carbonyl (C=O) groups excluding carboxylic acids is 1. The van der Waals surface area contributed by atoms with E-state index >= 15 is 0 Å². The molecule has 1 atom stereocenters. The molecule has 114 valence electrons. The zero-order valence-corrected chi connectivity index (χ0v) is 13.6. The van der Waals surface area contributed by atoms with Crippen molar-refractivity contribution < 1.29 is 9.53 Å². The van der Waals surface area contributed by atoms with Crippen LogP contribution in [0.15, 0.2) is 24.3 Å². The highest BCUT2D eigenvalue weighted by Gasteiger charge is 2.27. The molecule has 1 rings (SSSR count).